The smallest absolute Gasteiger partial charge is 0.252 e. The van der Waals surface area contributed by atoms with Crippen LogP contribution < -0.4 is 16.0 Å². The Kier molecular flexibility index (Phi) is 5.81. The number of primary amides is 1. The van der Waals surface area contributed by atoms with Gasteiger partial charge < -0.3 is 20.7 Å². The molecule has 1 fully saturated rings. The number of nitrogens with two attached hydrogens (primary N) is 1. The number of fused-ring (bicyclic) bond motifs is 1. The molecule has 0 atom stereocenters. The number of carbonyl (C=O) groups is 1. The zero-order valence-electron chi connectivity index (χ0n) is 18.2. The summed E-state index contributed by atoms with van der Waals surface area (Å²) in [4.78, 5) is 23.1. The molecule has 1 aliphatic heterocycles. The summed E-state index contributed by atoms with van der Waals surface area (Å²) in [6.45, 7) is 3.13. The molecule has 0 radical (unpaired) electrons. The standard InChI is InChI=1S/C24H22F2N6O2/c25-16-7-15(8-17(26)9-16)12-28-20-11-23(29-13-19(20)24(27)33)32-14-30-21-10-18(1-2-22(21)32)31-3-5-34-6-4-31/h1-2,7-11,13-14H,3-6,12H2,(H2,27,33)(H,28,29). The van der Waals surface area contributed by atoms with E-state index in [1.54, 1.807) is 17.0 Å². The zero-order valence-corrected chi connectivity index (χ0v) is 18.2. The van der Waals surface area contributed by atoms with Crippen molar-refractivity contribution in [1.29, 1.82) is 0 Å². The summed E-state index contributed by atoms with van der Waals surface area (Å²) in [5, 5.41) is 3.04. The van der Waals surface area contributed by atoms with Gasteiger partial charge in [-0.25, -0.2) is 18.7 Å². The Hall–Kier alpha value is -4.05. The molecule has 10 heteroatoms. The fourth-order valence-electron chi connectivity index (χ4n) is 4.03. The maximum absolute atomic E-state index is 13.5. The third-order valence-corrected chi connectivity index (χ3v) is 5.71. The molecule has 0 aliphatic carbocycles. The first-order valence-corrected chi connectivity index (χ1v) is 10.8. The van der Waals surface area contributed by atoms with Crippen molar-refractivity contribution in [3.05, 3.63) is 77.8 Å². The minimum Gasteiger partial charge on any atom is -0.380 e. The minimum atomic E-state index is -0.677. The Morgan fingerprint density at radius 2 is 1.82 bits per heavy atom. The minimum absolute atomic E-state index is 0.0893. The lowest BCUT2D eigenvalue weighted by Gasteiger charge is -2.28. The lowest BCUT2D eigenvalue weighted by Crippen LogP contribution is -2.36. The fourth-order valence-corrected chi connectivity index (χ4v) is 4.03. The van der Waals surface area contributed by atoms with Crippen molar-refractivity contribution < 1.29 is 18.3 Å². The summed E-state index contributed by atoms with van der Waals surface area (Å²) in [6, 6.07) is 10.9. The van der Waals surface area contributed by atoms with Crippen LogP contribution in [0.25, 0.3) is 16.9 Å². The number of hydrogen-bond acceptors (Lipinski definition) is 6. The molecular weight excluding hydrogens is 442 g/mol. The molecule has 174 valence electrons. The topological polar surface area (TPSA) is 98.3 Å². The number of pyridine rings is 1. The molecule has 2 aromatic heterocycles. The second-order valence-corrected chi connectivity index (χ2v) is 7.97. The molecular formula is C24H22F2N6O2. The molecule has 1 aliphatic rings. The summed E-state index contributed by atoms with van der Waals surface area (Å²) in [6.07, 6.45) is 3.03. The highest BCUT2D eigenvalue weighted by atomic mass is 19.1. The average molecular weight is 464 g/mol. The van der Waals surface area contributed by atoms with E-state index >= 15 is 0 Å². The number of aromatic nitrogens is 3. The molecule has 1 saturated heterocycles. The monoisotopic (exact) mass is 464 g/mol. The number of halogens is 2. The van der Waals surface area contributed by atoms with Crippen molar-refractivity contribution in [3.63, 3.8) is 0 Å². The molecule has 8 nitrogen and oxygen atoms in total. The normalized spacial score (nSPS) is 13.9. The highest BCUT2D eigenvalue weighted by Gasteiger charge is 2.16. The highest BCUT2D eigenvalue weighted by molar-refractivity contribution is 5.98. The SMILES string of the molecule is NC(=O)c1cnc(-n2cnc3cc(N4CCOCC4)ccc32)cc1NCc1cc(F)cc(F)c1. The van der Waals surface area contributed by atoms with Crippen molar-refractivity contribution in [2.45, 2.75) is 6.54 Å². The van der Waals surface area contributed by atoms with Gasteiger partial charge in [0.2, 0.25) is 0 Å². The largest absolute Gasteiger partial charge is 0.380 e. The van der Waals surface area contributed by atoms with Gasteiger partial charge in [-0.1, -0.05) is 0 Å². The number of amides is 1. The number of rotatable bonds is 6. The number of hydrogen-bond donors (Lipinski definition) is 2. The van der Waals surface area contributed by atoms with Crippen LogP contribution in [-0.4, -0.2) is 46.7 Å². The van der Waals surface area contributed by atoms with Crippen LogP contribution in [0.4, 0.5) is 20.2 Å². The maximum atomic E-state index is 13.5. The highest BCUT2D eigenvalue weighted by Crippen LogP contribution is 2.26. The van der Waals surface area contributed by atoms with Gasteiger partial charge in [0.05, 0.1) is 35.5 Å². The predicted octanol–water partition coefficient (Wildman–Crippen LogP) is 3.25. The molecule has 1 amide bonds. The van der Waals surface area contributed by atoms with Crippen molar-refractivity contribution in [3.8, 4) is 5.82 Å². The Morgan fingerprint density at radius 1 is 1.06 bits per heavy atom. The number of morpholine rings is 1. The van der Waals surface area contributed by atoms with Crippen LogP contribution in [0.15, 0.2) is 55.0 Å². The molecule has 5 rings (SSSR count). The summed E-state index contributed by atoms with van der Waals surface area (Å²) < 4.78 is 34.3. The lowest BCUT2D eigenvalue weighted by molar-refractivity contribution is 0.100. The van der Waals surface area contributed by atoms with Crippen LogP contribution >= 0.6 is 0 Å². The van der Waals surface area contributed by atoms with Crippen LogP contribution in [0.3, 0.4) is 0 Å². The third-order valence-electron chi connectivity index (χ3n) is 5.71. The van der Waals surface area contributed by atoms with Crippen molar-refractivity contribution in [2.75, 3.05) is 36.5 Å². The van der Waals surface area contributed by atoms with Crippen LogP contribution in [0, 0.1) is 11.6 Å². The number of anilines is 2. The Morgan fingerprint density at radius 3 is 2.56 bits per heavy atom. The van der Waals surface area contributed by atoms with Gasteiger partial charge in [-0.15, -0.1) is 0 Å². The molecule has 34 heavy (non-hydrogen) atoms. The Balaban J connectivity index is 1.45. The van der Waals surface area contributed by atoms with Gasteiger partial charge >= 0.3 is 0 Å². The first-order valence-electron chi connectivity index (χ1n) is 10.8. The number of benzene rings is 2. The number of nitrogens with one attached hydrogen (secondary N) is 1. The first kappa shape index (κ1) is 21.8. The Bertz CT molecular complexity index is 1350. The lowest BCUT2D eigenvalue weighted by atomic mass is 10.1. The summed E-state index contributed by atoms with van der Waals surface area (Å²) >= 11 is 0. The van der Waals surface area contributed by atoms with Crippen molar-refractivity contribution in [2.24, 2.45) is 5.73 Å². The molecule has 0 unspecified atom stereocenters. The van der Waals surface area contributed by atoms with E-state index in [1.807, 2.05) is 18.2 Å². The molecule has 0 bridgehead atoms. The zero-order chi connectivity index (χ0) is 23.7. The van der Waals surface area contributed by atoms with Gasteiger partial charge in [0.1, 0.15) is 23.8 Å². The molecule has 2 aromatic carbocycles. The summed E-state index contributed by atoms with van der Waals surface area (Å²) in [7, 11) is 0. The van der Waals surface area contributed by atoms with Gasteiger partial charge in [0.25, 0.3) is 5.91 Å². The van der Waals surface area contributed by atoms with E-state index in [4.69, 9.17) is 10.5 Å². The fraction of sp³-hybridized carbons (Fsp3) is 0.208. The second kappa shape index (κ2) is 9.06. The second-order valence-electron chi connectivity index (χ2n) is 7.97. The van der Waals surface area contributed by atoms with E-state index in [1.165, 1.54) is 18.3 Å². The van der Waals surface area contributed by atoms with E-state index in [0.717, 1.165) is 35.9 Å². The number of nitrogens with zero attached hydrogens (tertiary/aromatic N) is 4. The third kappa shape index (κ3) is 4.40. The van der Waals surface area contributed by atoms with E-state index in [0.29, 0.717) is 30.3 Å². The van der Waals surface area contributed by atoms with Crippen LogP contribution in [0.2, 0.25) is 0 Å². The van der Waals surface area contributed by atoms with E-state index in [2.05, 4.69) is 20.2 Å². The molecule has 3 heterocycles. The van der Waals surface area contributed by atoms with E-state index in [9.17, 15) is 13.6 Å². The average Bonchev–Trinajstić information content (AvgIpc) is 3.26. The summed E-state index contributed by atoms with van der Waals surface area (Å²) in [5.74, 6) is -1.51. The van der Waals surface area contributed by atoms with Crippen LogP contribution in [0.1, 0.15) is 15.9 Å². The molecule has 0 spiro atoms. The van der Waals surface area contributed by atoms with Gasteiger partial charge in [-0.3, -0.25) is 9.36 Å². The number of imidazole rings is 1. The van der Waals surface area contributed by atoms with Crippen LogP contribution in [-0.2, 0) is 11.3 Å². The van der Waals surface area contributed by atoms with Crippen molar-refractivity contribution in [1.82, 2.24) is 14.5 Å². The first-order chi connectivity index (χ1) is 16.5. The van der Waals surface area contributed by atoms with E-state index in [-0.39, 0.29) is 12.1 Å². The van der Waals surface area contributed by atoms with Gasteiger partial charge in [-0.05, 0) is 35.9 Å². The quantitative estimate of drug-likeness (QED) is 0.455. The van der Waals surface area contributed by atoms with E-state index < -0.39 is 17.5 Å². The van der Waals surface area contributed by atoms with Gasteiger partial charge in [-0.2, -0.15) is 0 Å². The Labute approximate surface area is 194 Å². The molecule has 4 aromatic rings. The van der Waals surface area contributed by atoms with Crippen LogP contribution in [0.5, 0.6) is 0 Å². The predicted molar refractivity (Wildman–Crippen MR) is 124 cm³/mol. The molecule has 0 saturated carbocycles. The summed E-state index contributed by atoms with van der Waals surface area (Å²) in [5.41, 5.74) is 9.17. The number of ether oxygens (including phenoxy) is 1. The van der Waals surface area contributed by atoms with Gasteiger partial charge in [0.15, 0.2) is 0 Å². The molecule has 3 N–H and O–H groups in total. The number of carbonyl (C=O) groups excluding carboxylic acids is 1. The van der Waals surface area contributed by atoms with Crippen molar-refractivity contribution >= 4 is 28.3 Å². The van der Waals surface area contributed by atoms with Gasteiger partial charge in [0, 0.05) is 43.7 Å². The maximum Gasteiger partial charge on any atom is 0.252 e.